The summed E-state index contributed by atoms with van der Waals surface area (Å²) in [6, 6.07) is 0. The zero-order chi connectivity index (χ0) is 9.72. The molecule has 74 valence electrons. The van der Waals surface area contributed by atoms with Crippen LogP contribution in [0.4, 0.5) is 0 Å². The van der Waals surface area contributed by atoms with E-state index in [1.54, 1.807) is 6.92 Å². The van der Waals surface area contributed by atoms with E-state index in [2.05, 4.69) is 0 Å². The van der Waals surface area contributed by atoms with Gasteiger partial charge in [-0.25, -0.2) is 0 Å². The van der Waals surface area contributed by atoms with Crippen LogP contribution in [0.25, 0.3) is 0 Å². The number of hydrogen-bond donors (Lipinski definition) is 4. The van der Waals surface area contributed by atoms with Crippen LogP contribution >= 0.6 is 0 Å². The maximum atomic E-state index is 9.18. The van der Waals surface area contributed by atoms with Crippen LogP contribution in [0.2, 0.25) is 0 Å². The van der Waals surface area contributed by atoms with Gasteiger partial charge in [-0.3, -0.25) is 0 Å². The Hall–Kier alpha value is -0.200. The van der Waals surface area contributed by atoms with Crippen LogP contribution in [0, 0.1) is 5.92 Å². The normalized spacial score (nSPS) is 21.5. The van der Waals surface area contributed by atoms with Crippen molar-refractivity contribution in [2.45, 2.75) is 25.4 Å². The van der Waals surface area contributed by atoms with Gasteiger partial charge in [-0.2, -0.15) is 0 Å². The Bertz CT molecular complexity index is 120. The van der Waals surface area contributed by atoms with E-state index in [1.165, 1.54) is 7.11 Å². The van der Waals surface area contributed by atoms with Crippen LogP contribution in [0.3, 0.4) is 0 Å². The minimum Gasteiger partial charge on any atom is -0.394 e. The van der Waals surface area contributed by atoms with E-state index < -0.39 is 24.4 Å². The van der Waals surface area contributed by atoms with Gasteiger partial charge in [0.05, 0.1) is 12.7 Å². The van der Waals surface area contributed by atoms with Gasteiger partial charge in [0.15, 0.2) is 0 Å². The van der Waals surface area contributed by atoms with Crippen LogP contribution < -0.4 is 5.73 Å². The molecule has 0 bridgehead atoms. The van der Waals surface area contributed by atoms with Crippen molar-refractivity contribution in [2.75, 3.05) is 13.7 Å². The fourth-order valence-corrected chi connectivity index (χ4v) is 1.05. The molecule has 2 unspecified atom stereocenters. The molecule has 0 rings (SSSR count). The van der Waals surface area contributed by atoms with Gasteiger partial charge in [0.1, 0.15) is 12.3 Å². The molecule has 0 aliphatic carbocycles. The number of aliphatic hydroxyl groups excluding tert-OH is 3. The summed E-state index contributed by atoms with van der Waals surface area (Å²) in [4.78, 5) is 0. The number of methoxy groups -OCH3 is 1. The summed E-state index contributed by atoms with van der Waals surface area (Å²) in [5, 5.41) is 26.8. The Kier molecular flexibility index (Phi) is 5.36. The first-order valence-corrected chi connectivity index (χ1v) is 3.80. The Morgan fingerprint density at radius 2 is 1.92 bits per heavy atom. The third kappa shape index (κ3) is 3.04. The van der Waals surface area contributed by atoms with Crippen molar-refractivity contribution in [2.24, 2.45) is 11.7 Å². The van der Waals surface area contributed by atoms with Crippen molar-refractivity contribution in [3.63, 3.8) is 0 Å². The van der Waals surface area contributed by atoms with Crippen LogP contribution in [0.5, 0.6) is 0 Å². The lowest BCUT2D eigenvalue weighted by atomic mass is 9.97. The molecule has 0 aliphatic heterocycles. The van der Waals surface area contributed by atoms with E-state index >= 15 is 0 Å². The summed E-state index contributed by atoms with van der Waals surface area (Å²) in [5.74, 6) is -0.403. The standard InChI is InChI=1S/C7H17NO4/c1-4(5(10)3-9)6(12-2)7(8)11/h4-7,9-11H,3,8H2,1-2H3/t4-,5?,6+,7?/m1/s1. The maximum absolute atomic E-state index is 9.18. The highest BCUT2D eigenvalue weighted by Crippen LogP contribution is 2.12. The number of rotatable bonds is 5. The molecule has 0 aromatic rings. The molecule has 0 aromatic heterocycles. The molecule has 0 saturated carbocycles. The third-order valence-corrected chi connectivity index (χ3v) is 1.92. The van der Waals surface area contributed by atoms with Gasteiger partial charge in [0.25, 0.3) is 0 Å². The number of hydrogen-bond acceptors (Lipinski definition) is 5. The second kappa shape index (κ2) is 5.45. The molecule has 0 spiro atoms. The van der Waals surface area contributed by atoms with Crippen LogP contribution in [0.15, 0.2) is 0 Å². The van der Waals surface area contributed by atoms with Crippen LogP contribution in [-0.2, 0) is 4.74 Å². The molecule has 5 heteroatoms. The third-order valence-electron chi connectivity index (χ3n) is 1.92. The van der Waals surface area contributed by atoms with Gasteiger partial charge in [0.2, 0.25) is 0 Å². The number of aliphatic hydroxyl groups is 3. The van der Waals surface area contributed by atoms with Crippen molar-refractivity contribution in [1.82, 2.24) is 0 Å². The average Bonchev–Trinajstić information content (AvgIpc) is 2.03. The first-order chi connectivity index (χ1) is 5.54. The second-order valence-corrected chi connectivity index (χ2v) is 2.80. The number of ether oxygens (including phenoxy) is 1. The maximum Gasteiger partial charge on any atom is 0.129 e. The molecule has 12 heavy (non-hydrogen) atoms. The van der Waals surface area contributed by atoms with Crippen molar-refractivity contribution >= 4 is 0 Å². The lowest BCUT2D eigenvalue weighted by Crippen LogP contribution is -2.45. The molecule has 0 fully saturated rings. The summed E-state index contributed by atoms with van der Waals surface area (Å²) in [7, 11) is 1.39. The Morgan fingerprint density at radius 3 is 2.17 bits per heavy atom. The van der Waals surface area contributed by atoms with Crippen molar-refractivity contribution in [1.29, 1.82) is 0 Å². The molecule has 0 radical (unpaired) electrons. The van der Waals surface area contributed by atoms with Gasteiger partial charge >= 0.3 is 0 Å². The quantitative estimate of drug-likeness (QED) is 0.376. The zero-order valence-corrected chi connectivity index (χ0v) is 7.34. The predicted octanol–water partition coefficient (Wildman–Crippen LogP) is -1.73. The van der Waals surface area contributed by atoms with Gasteiger partial charge in [-0.1, -0.05) is 6.92 Å². The summed E-state index contributed by atoms with van der Waals surface area (Å²) in [6.07, 6.45) is -2.73. The molecule has 0 aliphatic rings. The highest BCUT2D eigenvalue weighted by molar-refractivity contribution is 4.76. The van der Waals surface area contributed by atoms with Gasteiger partial charge in [0, 0.05) is 13.0 Å². The molecular weight excluding hydrogens is 162 g/mol. The fraction of sp³-hybridized carbons (Fsp3) is 1.00. The molecule has 4 atom stereocenters. The van der Waals surface area contributed by atoms with Crippen molar-refractivity contribution < 1.29 is 20.1 Å². The number of nitrogens with two attached hydrogens (primary N) is 1. The minimum absolute atomic E-state index is 0.367. The van der Waals surface area contributed by atoms with Crippen LogP contribution in [-0.4, -0.2) is 47.5 Å². The van der Waals surface area contributed by atoms with E-state index in [0.717, 1.165) is 0 Å². The van der Waals surface area contributed by atoms with Crippen molar-refractivity contribution in [3.05, 3.63) is 0 Å². The van der Waals surface area contributed by atoms with Crippen LogP contribution in [0.1, 0.15) is 6.92 Å². The molecular formula is C7H17NO4. The predicted molar refractivity (Wildman–Crippen MR) is 43.2 cm³/mol. The largest absolute Gasteiger partial charge is 0.394 e. The molecule has 0 amide bonds. The van der Waals surface area contributed by atoms with Gasteiger partial charge in [-0.05, 0) is 0 Å². The molecule has 0 aromatic carbocycles. The van der Waals surface area contributed by atoms with E-state index in [-0.39, 0.29) is 6.61 Å². The monoisotopic (exact) mass is 179 g/mol. The first-order valence-electron chi connectivity index (χ1n) is 3.80. The van der Waals surface area contributed by atoms with E-state index in [0.29, 0.717) is 0 Å². The van der Waals surface area contributed by atoms with Crippen molar-refractivity contribution in [3.8, 4) is 0 Å². The topological polar surface area (TPSA) is 95.9 Å². The van der Waals surface area contributed by atoms with Gasteiger partial charge in [-0.15, -0.1) is 0 Å². The highest BCUT2D eigenvalue weighted by atomic mass is 16.5. The molecule has 5 nitrogen and oxygen atoms in total. The summed E-state index contributed by atoms with van der Waals surface area (Å²) >= 11 is 0. The Morgan fingerprint density at radius 1 is 1.42 bits per heavy atom. The Balaban J connectivity index is 4.10. The summed E-state index contributed by atoms with van der Waals surface area (Å²) in [5.41, 5.74) is 5.18. The molecule has 5 N–H and O–H groups in total. The highest BCUT2D eigenvalue weighted by Gasteiger charge is 2.27. The Labute approximate surface area is 71.8 Å². The lowest BCUT2D eigenvalue weighted by molar-refractivity contribution is -0.0809. The lowest BCUT2D eigenvalue weighted by Gasteiger charge is -2.27. The first kappa shape index (κ1) is 11.8. The fourth-order valence-electron chi connectivity index (χ4n) is 1.05. The van der Waals surface area contributed by atoms with E-state index in [4.69, 9.17) is 20.7 Å². The van der Waals surface area contributed by atoms with Gasteiger partial charge < -0.3 is 25.8 Å². The second-order valence-electron chi connectivity index (χ2n) is 2.80. The van der Waals surface area contributed by atoms with E-state index in [9.17, 15) is 5.11 Å². The summed E-state index contributed by atoms with van der Waals surface area (Å²) < 4.78 is 4.85. The average molecular weight is 179 g/mol. The molecule has 0 heterocycles. The molecule has 0 saturated heterocycles. The minimum atomic E-state index is -1.15. The summed E-state index contributed by atoms with van der Waals surface area (Å²) in [6.45, 7) is 1.28. The zero-order valence-electron chi connectivity index (χ0n) is 7.34. The van der Waals surface area contributed by atoms with E-state index in [1.807, 2.05) is 0 Å². The smallest absolute Gasteiger partial charge is 0.129 e. The SMILES string of the molecule is CO[C@H](C(N)O)[C@H](C)C(O)CO.